The second-order valence-electron chi connectivity index (χ2n) is 3.51. The normalized spacial score (nSPS) is 9.56. The van der Waals surface area contributed by atoms with Crippen LogP contribution in [0.3, 0.4) is 0 Å². The highest BCUT2D eigenvalue weighted by Gasteiger charge is 2.10. The van der Waals surface area contributed by atoms with E-state index in [4.69, 9.17) is 4.74 Å². The first-order valence-electron chi connectivity index (χ1n) is 5.69. The molecule has 3 heteroatoms. The summed E-state index contributed by atoms with van der Waals surface area (Å²) < 4.78 is 5.13. The lowest BCUT2D eigenvalue weighted by atomic mass is 10.2. The zero-order valence-corrected chi connectivity index (χ0v) is 9.99. The summed E-state index contributed by atoms with van der Waals surface area (Å²) in [6.45, 7) is 12.4. The van der Waals surface area contributed by atoms with Gasteiger partial charge in [-0.3, -0.25) is 0 Å². The molecule has 0 heterocycles. The van der Waals surface area contributed by atoms with Crippen LogP contribution in [0.15, 0.2) is 25.3 Å². The average molecular weight is 224 g/mol. The highest BCUT2D eigenvalue weighted by atomic mass is 16.6. The van der Waals surface area contributed by atoms with Crippen LogP contribution in [0.2, 0.25) is 0 Å². The number of hydrogen-bond acceptors (Lipinski definition) is 2. The predicted octanol–water partition coefficient (Wildman–Crippen LogP) is 3.19. The van der Waals surface area contributed by atoms with E-state index in [2.05, 4.69) is 20.1 Å². The van der Waals surface area contributed by atoms with Gasteiger partial charge in [0.2, 0.25) is 0 Å². The van der Waals surface area contributed by atoms with E-state index in [0.29, 0.717) is 19.7 Å². The van der Waals surface area contributed by atoms with Gasteiger partial charge in [0.15, 0.2) is 0 Å². The van der Waals surface area contributed by atoms with Crippen LogP contribution in [0.1, 0.15) is 25.7 Å². The fraction of sp³-hybridized carbons (Fsp3) is 0.538. The SMILES string of the molecule is [CH2]CCCCCOC(=O)N(CC=C)CC=C. The Balaban J connectivity index is 3.73. The van der Waals surface area contributed by atoms with Crippen molar-refractivity contribution in [3.05, 3.63) is 32.2 Å². The second-order valence-corrected chi connectivity index (χ2v) is 3.51. The molecule has 1 amide bonds. The summed E-state index contributed by atoms with van der Waals surface area (Å²) in [6.07, 6.45) is 7.03. The smallest absolute Gasteiger partial charge is 0.410 e. The number of carbonyl (C=O) groups excluding carboxylic acids is 1. The molecule has 0 saturated carbocycles. The standard InChI is InChI=1S/C13H22NO2/c1-4-7-8-9-12-16-13(15)14(10-5-2)11-6-3/h5-6H,1-4,7-12H2. The number of unbranched alkanes of at least 4 members (excludes halogenated alkanes) is 3. The molecule has 0 fully saturated rings. The lowest BCUT2D eigenvalue weighted by molar-refractivity contribution is 0.108. The van der Waals surface area contributed by atoms with Crippen LogP contribution in [-0.2, 0) is 4.74 Å². The lowest BCUT2D eigenvalue weighted by Crippen LogP contribution is -2.32. The number of carbonyl (C=O) groups is 1. The van der Waals surface area contributed by atoms with E-state index in [9.17, 15) is 4.79 Å². The van der Waals surface area contributed by atoms with Crippen molar-refractivity contribution in [1.82, 2.24) is 4.90 Å². The van der Waals surface area contributed by atoms with Crippen LogP contribution in [0.5, 0.6) is 0 Å². The van der Waals surface area contributed by atoms with Gasteiger partial charge in [-0.2, -0.15) is 0 Å². The Labute approximate surface area is 98.8 Å². The van der Waals surface area contributed by atoms with Crippen molar-refractivity contribution in [2.75, 3.05) is 19.7 Å². The average Bonchev–Trinajstić information content (AvgIpc) is 2.28. The van der Waals surface area contributed by atoms with Crippen LogP contribution in [0.25, 0.3) is 0 Å². The first-order chi connectivity index (χ1) is 7.76. The maximum atomic E-state index is 11.6. The van der Waals surface area contributed by atoms with Crippen molar-refractivity contribution in [3.8, 4) is 0 Å². The molecular weight excluding hydrogens is 202 g/mol. The summed E-state index contributed by atoms with van der Waals surface area (Å²) in [6, 6.07) is 0. The van der Waals surface area contributed by atoms with E-state index >= 15 is 0 Å². The van der Waals surface area contributed by atoms with E-state index in [1.165, 1.54) is 0 Å². The number of hydrogen-bond donors (Lipinski definition) is 0. The molecule has 3 nitrogen and oxygen atoms in total. The van der Waals surface area contributed by atoms with Crippen LogP contribution >= 0.6 is 0 Å². The number of nitrogens with zero attached hydrogens (tertiary/aromatic N) is 1. The van der Waals surface area contributed by atoms with Crippen molar-refractivity contribution >= 4 is 6.09 Å². The fourth-order valence-corrected chi connectivity index (χ4v) is 1.24. The fourth-order valence-electron chi connectivity index (χ4n) is 1.24. The van der Waals surface area contributed by atoms with Gasteiger partial charge in [0.25, 0.3) is 0 Å². The van der Waals surface area contributed by atoms with Gasteiger partial charge in [0.05, 0.1) is 6.61 Å². The second kappa shape index (κ2) is 10.3. The molecule has 0 rings (SSSR count). The van der Waals surface area contributed by atoms with E-state index in [1.54, 1.807) is 17.1 Å². The summed E-state index contributed by atoms with van der Waals surface area (Å²) >= 11 is 0. The van der Waals surface area contributed by atoms with E-state index in [0.717, 1.165) is 25.7 Å². The minimum Gasteiger partial charge on any atom is -0.449 e. The molecule has 0 aromatic carbocycles. The molecule has 0 N–H and O–H groups in total. The Morgan fingerprint density at radius 2 is 1.75 bits per heavy atom. The third-order valence-electron chi connectivity index (χ3n) is 2.08. The molecule has 0 spiro atoms. The molecule has 91 valence electrons. The van der Waals surface area contributed by atoms with Crippen molar-refractivity contribution in [1.29, 1.82) is 0 Å². The Morgan fingerprint density at radius 1 is 1.12 bits per heavy atom. The van der Waals surface area contributed by atoms with Gasteiger partial charge in [0.1, 0.15) is 0 Å². The van der Waals surface area contributed by atoms with E-state index in [1.807, 2.05) is 0 Å². The third-order valence-corrected chi connectivity index (χ3v) is 2.08. The summed E-state index contributed by atoms with van der Waals surface area (Å²) in [5, 5.41) is 0. The van der Waals surface area contributed by atoms with Gasteiger partial charge < -0.3 is 9.64 Å². The molecular formula is C13H22NO2. The van der Waals surface area contributed by atoms with Crippen molar-refractivity contribution in [3.63, 3.8) is 0 Å². The maximum Gasteiger partial charge on any atom is 0.410 e. The van der Waals surface area contributed by atoms with Gasteiger partial charge in [-0.15, -0.1) is 13.2 Å². The van der Waals surface area contributed by atoms with Crippen molar-refractivity contribution < 1.29 is 9.53 Å². The lowest BCUT2D eigenvalue weighted by Gasteiger charge is -2.18. The minimum absolute atomic E-state index is 0.297. The van der Waals surface area contributed by atoms with Crippen LogP contribution < -0.4 is 0 Å². The summed E-state index contributed by atoms with van der Waals surface area (Å²) in [7, 11) is 0. The predicted molar refractivity (Wildman–Crippen MR) is 67.1 cm³/mol. The van der Waals surface area contributed by atoms with Gasteiger partial charge in [-0.05, 0) is 6.42 Å². The van der Waals surface area contributed by atoms with Crippen LogP contribution in [0.4, 0.5) is 4.79 Å². The molecule has 0 aromatic heterocycles. The molecule has 0 aliphatic rings. The summed E-state index contributed by atoms with van der Waals surface area (Å²) in [5.41, 5.74) is 0. The summed E-state index contributed by atoms with van der Waals surface area (Å²) in [4.78, 5) is 13.1. The highest BCUT2D eigenvalue weighted by Crippen LogP contribution is 2.01. The quantitative estimate of drug-likeness (QED) is 0.444. The van der Waals surface area contributed by atoms with Crippen LogP contribution in [0, 0.1) is 6.92 Å². The molecule has 16 heavy (non-hydrogen) atoms. The van der Waals surface area contributed by atoms with E-state index in [-0.39, 0.29) is 6.09 Å². The molecule has 0 unspecified atom stereocenters. The largest absolute Gasteiger partial charge is 0.449 e. The van der Waals surface area contributed by atoms with Gasteiger partial charge in [-0.1, -0.05) is 38.3 Å². The van der Waals surface area contributed by atoms with Gasteiger partial charge >= 0.3 is 6.09 Å². The zero-order chi connectivity index (χ0) is 12.2. The molecule has 0 aliphatic heterocycles. The van der Waals surface area contributed by atoms with Crippen LogP contribution in [-0.4, -0.2) is 30.7 Å². The first kappa shape index (κ1) is 14.8. The molecule has 1 radical (unpaired) electrons. The zero-order valence-electron chi connectivity index (χ0n) is 9.99. The van der Waals surface area contributed by atoms with Crippen molar-refractivity contribution in [2.24, 2.45) is 0 Å². The molecule has 0 bridgehead atoms. The Morgan fingerprint density at radius 3 is 2.25 bits per heavy atom. The van der Waals surface area contributed by atoms with Gasteiger partial charge in [0, 0.05) is 13.1 Å². The van der Waals surface area contributed by atoms with Crippen molar-refractivity contribution in [2.45, 2.75) is 25.7 Å². The monoisotopic (exact) mass is 224 g/mol. The Bertz CT molecular complexity index is 204. The Hall–Kier alpha value is -1.25. The molecule has 0 aromatic rings. The number of amides is 1. The first-order valence-corrected chi connectivity index (χ1v) is 5.69. The molecule has 0 aliphatic carbocycles. The number of ether oxygens (including phenoxy) is 1. The van der Waals surface area contributed by atoms with E-state index < -0.39 is 0 Å². The Kier molecular flexibility index (Phi) is 9.47. The molecule has 0 atom stereocenters. The summed E-state index contributed by atoms with van der Waals surface area (Å²) in [5.74, 6) is 0. The van der Waals surface area contributed by atoms with Gasteiger partial charge in [-0.25, -0.2) is 4.79 Å². The molecule has 0 saturated heterocycles. The maximum absolute atomic E-state index is 11.6. The highest BCUT2D eigenvalue weighted by molar-refractivity contribution is 5.68. The third kappa shape index (κ3) is 7.10. The minimum atomic E-state index is -0.297. The number of rotatable bonds is 9. The topological polar surface area (TPSA) is 29.5 Å².